The first-order valence-electron chi connectivity index (χ1n) is 10.7. The molecule has 0 aromatic heterocycles. The van der Waals surface area contributed by atoms with E-state index in [1.54, 1.807) is 4.90 Å². The number of anilines is 1. The second-order valence-electron chi connectivity index (χ2n) is 7.85. The van der Waals surface area contributed by atoms with Gasteiger partial charge in [-0.05, 0) is 41.8 Å². The Morgan fingerprint density at radius 2 is 1.63 bits per heavy atom. The van der Waals surface area contributed by atoms with Gasteiger partial charge >= 0.3 is 0 Å². The summed E-state index contributed by atoms with van der Waals surface area (Å²) >= 11 is 0. The first-order chi connectivity index (χ1) is 14.7. The number of fused-ring (bicyclic) bond motifs is 1. The van der Waals surface area contributed by atoms with Crippen LogP contribution in [0.25, 0.3) is 0 Å². The summed E-state index contributed by atoms with van der Waals surface area (Å²) in [5.74, 6) is 1.71. The maximum atomic E-state index is 12.6. The van der Waals surface area contributed by atoms with Crippen LogP contribution in [0.3, 0.4) is 0 Å². The van der Waals surface area contributed by atoms with Crippen molar-refractivity contribution in [2.75, 3.05) is 51.5 Å². The van der Waals surface area contributed by atoms with E-state index in [9.17, 15) is 4.79 Å². The van der Waals surface area contributed by atoms with Crippen molar-refractivity contribution < 1.29 is 19.0 Å². The first kappa shape index (κ1) is 20.5. The Bertz CT molecular complexity index is 847. The molecule has 0 radical (unpaired) electrons. The Labute approximate surface area is 178 Å². The predicted molar refractivity (Wildman–Crippen MR) is 116 cm³/mol. The van der Waals surface area contributed by atoms with Crippen LogP contribution in [0.15, 0.2) is 42.5 Å². The lowest BCUT2D eigenvalue weighted by atomic mass is 10.1. The summed E-state index contributed by atoms with van der Waals surface area (Å²) < 4.78 is 16.8. The Hall–Kier alpha value is -2.73. The highest BCUT2D eigenvalue weighted by Gasteiger charge is 2.14. The summed E-state index contributed by atoms with van der Waals surface area (Å²) in [7, 11) is 1.87. The molecule has 0 N–H and O–H groups in total. The fourth-order valence-electron chi connectivity index (χ4n) is 3.80. The van der Waals surface area contributed by atoms with E-state index in [0.29, 0.717) is 32.6 Å². The molecule has 6 nitrogen and oxygen atoms in total. The van der Waals surface area contributed by atoms with Crippen LogP contribution in [0.2, 0.25) is 0 Å². The highest BCUT2D eigenvalue weighted by atomic mass is 16.5. The highest BCUT2D eigenvalue weighted by Crippen LogP contribution is 2.30. The molecule has 0 atom stereocenters. The fraction of sp³-hybridized carbons (Fsp3) is 0.458. The summed E-state index contributed by atoms with van der Waals surface area (Å²) in [6.07, 6.45) is 2.05. The quantitative estimate of drug-likeness (QED) is 0.732. The van der Waals surface area contributed by atoms with E-state index < -0.39 is 0 Å². The zero-order chi connectivity index (χ0) is 20.8. The van der Waals surface area contributed by atoms with Gasteiger partial charge in [-0.3, -0.25) is 4.79 Å². The van der Waals surface area contributed by atoms with Gasteiger partial charge in [0.15, 0.2) is 11.5 Å². The van der Waals surface area contributed by atoms with Crippen molar-refractivity contribution in [3.8, 4) is 11.5 Å². The molecule has 2 heterocycles. The molecule has 0 aliphatic carbocycles. The van der Waals surface area contributed by atoms with Gasteiger partial charge in [0.25, 0.3) is 0 Å². The third-order valence-corrected chi connectivity index (χ3v) is 5.60. The molecule has 4 rings (SSSR count). The van der Waals surface area contributed by atoms with Crippen LogP contribution in [-0.2, 0) is 22.5 Å². The van der Waals surface area contributed by atoms with Gasteiger partial charge in [-0.25, -0.2) is 0 Å². The second kappa shape index (κ2) is 9.85. The van der Waals surface area contributed by atoms with Gasteiger partial charge in [-0.15, -0.1) is 0 Å². The van der Waals surface area contributed by atoms with Crippen molar-refractivity contribution in [2.45, 2.75) is 25.8 Å². The zero-order valence-electron chi connectivity index (χ0n) is 17.6. The second-order valence-corrected chi connectivity index (χ2v) is 7.85. The molecule has 1 fully saturated rings. The Kier molecular flexibility index (Phi) is 6.74. The number of hydrogen-bond acceptors (Lipinski definition) is 5. The summed E-state index contributed by atoms with van der Waals surface area (Å²) in [6.45, 7) is 5.38. The number of ether oxygens (including phenoxy) is 3. The van der Waals surface area contributed by atoms with Crippen molar-refractivity contribution in [3.05, 3.63) is 53.6 Å². The normalized spacial score (nSPS) is 16.1. The van der Waals surface area contributed by atoms with Crippen molar-refractivity contribution >= 4 is 11.6 Å². The summed E-state index contributed by atoms with van der Waals surface area (Å²) in [5.41, 5.74) is 3.44. The molecule has 0 unspecified atom stereocenters. The molecule has 30 heavy (non-hydrogen) atoms. The fourth-order valence-corrected chi connectivity index (χ4v) is 3.80. The molecule has 0 saturated carbocycles. The van der Waals surface area contributed by atoms with Crippen LogP contribution >= 0.6 is 0 Å². The number of benzene rings is 2. The van der Waals surface area contributed by atoms with Crippen LogP contribution in [-0.4, -0.2) is 57.4 Å². The van der Waals surface area contributed by atoms with E-state index in [4.69, 9.17) is 14.2 Å². The molecule has 1 saturated heterocycles. The number of carbonyl (C=O) groups excluding carboxylic acids is 1. The average molecular weight is 411 g/mol. The average Bonchev–Trinajstić information content (AvgIpc) is 3.03. The van der Waals surface area contributed by atoms with Crippen molar-refractivity contribution in [1.82, 2.24) is 4.90 Å². The lowest BCUT2D eigenvalue weighted by molar-refractivity contribution is -0.130. The van der Waals surface area contributed by atoms with Crippen LogP contribution in [0.4, 0.5) is 5.69 Å². The SMILES string of the molecule is CN(Cc1ccc(N2CCOCC2)cc1)C(=O)CCc1ccc2c(c1)OCCCO2. The summed E-state index contributed by atoms with van der Waals surface area (Å²) in [4.78, 5) is 16.8. The minimum atomic E-state index is 0.138. The maximum absolute atomic E-state index is 12.6. The molecule has 6 heteroatoms. The molecule has 0 spiro atoms. The number of aryl methyl sites for hydroxylation is 1. The number of hydrogen-bond donors (Lipinski definition) is 0. The molecule has 2 aromatic rings. The number of rotatable bonds is 6. The molecular weight excluding hydrogens is 380 g/mol. The van der Waals surface area contributed by atoms with Gasteiger partial charge in [-0.2, -0.15) is 0 Å². The Balaban J connectivity index is 1.28. The topological polar surface area (TPSA) is 51.2 Å². The maximum Gasteiger partial charge on any atom is 0.222 e. The van der Waals surface area contributed by atoms with Gasteiger partial charge in [0.1, 0.15) is 0 Å². The first-order valence-corrected chi connectivity index (χ1v) is 10.7. The van der Waals surface area contributed by atoms with Crippen LogP contribution in [0.5, 0.6) is 11.5 Å². The number of morpholine rings is 1. The molecular formula is C24H30N2O4. The van der Waals surface area contributed by atoms with E-state index in [1.807, 2.05) is 25.2 Å². The zero-order valence-corrected chi connectivity index (χ0v) is 17.6. The number of carbonyl (C=O) groups is 1. The van der Waals surface area contributed by atoms with Gasteiger partial charge in [0, 0.05) is 45.2 Å². The van der Waals surface area contributed by atoms with Gasteiger partial charge in [0.05, 0.1) is 26.4 Å². The summed E-state index contributed by atoms with van der Waals surface area (Å²) in [5, 5.41) is 0. The van der Waals surface area contributed by atoms with Gasteiger partial charge < -0.3 is 24.0 Å². The van der Waals surface area contributed by atoms with Gasteiger partial charge in [-0.1, -0.05) is 18.2 Å². The van der Waals surface area contributed by atoms with Crippen LogP contribution < -0.4 is 14.4 Å². The molecule has 2 aromatic carbocycles. The Morgan fingerprint density at radius 3 is 2.40 bits per heavy atom. The lowest BCUT2D eigenvalue weighted by Gasteiger charge is -2.29. The molecule has 0 bridgehead atoms. The number of amides is 1. The van der Waals surface area contributed by atoms with E-state index >= 15 is 0 Å². The molecule has 160 valence electrons. The minimum Gasteiger partial charge on any atom is -0.490 e. The standard InChI is InChI=1S/C24H30N2O4/c1-25(18-20-3-7-21(8-4-20)26-11-15-28-16-12-26)24(27)10-6-19-5-9-22-23(17-19)30-14-2-13-29-22/h3-5,7-9,17H,2,6,10-16,18H2,1H3. The largest absolute Gasteiger partial charge is 0.490 e. The Morgan fingerprint density at radius 1 is 0.933 bits per heavy atom. The van der Waals surface area contributed by atoms with E-state index in [0.717, 1.165) is 55.4 Å². The molecule has 2 aliphatic heterocycles. The third kappa shape index (κ3) is 5.25. The minimum absolute atomic E-state index is 0.138. The van der Waals surface area contributed by atoms with Crippen LogP contribution in [0.1, 0.15) is 24.0 Å². The smallest absolute Gasteiger partial charge is 0.222 e. The van der Waals surface area contributed by atoms with E-state index in [2.05, 4.69) is 29.2 Å². The predicted octanol–water partition coefficient (Wildman–Crippen LogP) is 3.28. The van der Waals surface area contributed by atoms with Crippen molar-refractivity contribution in [1.29, 1.82) is 0 Å². The highest BCUT2D eigenvalue weighted by molar-refractivity contribution is 5.76. The monoisotopic (exact) mass is 410 g/mol. The molecule has 1 amide bonds. The van der Waals surface area contributed by atoms with Crippen molar-refractivity contribution in [3.63, 3.8) is 0 Å². The van der Waals surface area contributed by atoms with E-state index in [-0.39, 0.29) is 5.91 Å². The van der Waals surface area contributed by atoms with Crippen LogP contribution in [0, 0.1) is 0 Å². The number of nitrogens with zero attached hydrogens (tertiary/aromatic N) is 2. The third-order valence-electron chi connectivity index (χ3n) is 5.60. The van der Waals surface area contributed by atoms with Gasteiger partial charge in [0.2, 0.25) is 5.91 Å². The van der Waals surface area contributed by atoms with E-state index in [1.165, 1.54) is 5.69 Å². The summed E-state index contributed by atoms with van der Waals surface area (Å²) in [6, 6.07) is 14.5. The van der Waals surface area contributed by atoms with Crippen molar-refractivity contribution in [2.24, 2.45) is 0 Å². The molecule has 2 aliphatic rings. The lowest BCUT2D eigenvalue weighted by Crippen LogP contribution is -2.36.